The molecular weight excluding hydrogens is 430 g/mol. The van der Waals surface area contributed by atoms with Gasteiger partial charge in [0, 0.05) is 44.1 Å². The first-order valence-electron chi connectivity index (χ1n) is 11.8. The van der Waals surface area contributed by atoms with Crippen LogP contribution in [0.4, 0.5) is 5.69 Å². The smallest absolute Gasteiger partial charge is 0.252 e. The molecule has 0 unspecified atom stereocenters. The minimum absolute atomic E-state index is 0.000977. The highest BCUT2D eigenvalue weighted by atomic mass is 16.5. The van der Waals surface area contributed by atoms with Crippen LogP contribution in [0.25, 0.3) is 11.0 Å². The Bertz CT molecular complexity index is 1260. The molecule has 4 heterocycles. The van der Waals surface area contributed by atoms with Crippen LogP contribution in [0.2, 0.25) is 0 Å². The number of nitrogens with zero attached hydrogens (tertiary/aromatic N) is 5. The molecule has 8 heteroatoms. The Labute approximate surface area is 199 Å². The topological polar surface area (TPSA) is 93.3 Å². The molecule has 3 aromatic heterocycles. The third kappa shape index (κ3) is 4.69. The molecule has 1 aliphatic rings. The van der Waals surface area contributed by atoms with Gasteiger partial charge in [0.05, 0.1) is 23.5 Å². The predicted octanol–water partition coefficient (Wildman–Crippen LogP) is 4.06. The van der Waals surface area contributed by atoms with Crippen molar-refractivity contribution in [3.05, 3.63) is 52.6 Å². The summed E-state index contributed by atoms with van der Waals surface area (Å²) < 4.78 is 13.6. The normalized spacial score (nSPS) is 20.4. The first kappa shape index (κ1) is 23.6. The Morgan fingerprint density at radius 3 is 2.71 bits per heavy atom. The summed E-state index contributed by atoms with van der Waals surface area (Å²) >= 11 is 0. The summed E-state index contributed by atoms with van der Waals surface area (Å²) in [5.74, 6) is 1.54. The van der Waals surface area contributed by atoms with E-state index in [0.717, 1.165) is 30.8 Å². The molecule has 4 rings (SSSR count). The summed E-state index contributed by atoms with van der Waals surface area (Å²) in [5.41, 5.74) is 2.40. The highest BCUT2D eigenvalue weighted by Gasteiger charge is 2.35. The minimum Gasteiger partial charge on any atom is -0.489 e. The molecule has 0 amide bonds. The van der Waals surface area contributed by atoms with Gasteiger partial charge in [0.15, 0.2) is 0 Å². The van der Waals surface area contributed by atoms with E-state index in [1.54, 1.807) is 36.0 Å². The highest BCUT2D eigenvalue weighted by Crippen LogP contribution is 2.34. The third-order valence-electron chi connectivity index (χ3n) is 6.43. The molecule has 1 aliphatic heterocycles. The van der Waals surface area contributed by atoms with Crippen molar-refractivity contribution in [2.24, 2.45) is 13.0 Å². The average molecular weight is 462 g/mol. The highest BCUT2D eigenvalue weighted by molar-refractivity contribution is 5.88. The second-order valence-electron chi connectivity index (χ2n) is 9.16. The van der Waals surface area contributed by atoms with Crippen molar-refractivity contribution < 1.29 is 9.47 Å². The molecule has 0 saturated carbocycles. The maximum absolute atomic E-state index is 12.7. The van der Waals surface area contributed by atoms with E-state index in [-0.39, 0.29) is 29.7 Å². The zero-order chi connectivity index (χ0) is 24.4. The summed E-state index contributed by atoms with van der Waals surface area (Å²) in [6.45, 7) is 8.96. The van der Waals surface area contributed by atoms with Gasteiger partial charge in [-0.2, -0.15) is 5.26 Å². The van der Waals surface area contributed by atoms with Gasteiger partial charge < -0.3 is 18.9 Å². The molecule has 8 nitrogen and oxygen atoms in total. The van der Waals surface area contributed by atoms with Crippen LogP contribution >= 0.6 is 0 Å². The Morgan fingerprint density at radius 1 is 1.26 bits per heavy atom. The van der Waals surface area contributed by atoms with Crippen molar-refractivity contribution in [2.75, 3.05) is 11.4 Å². The van der Waals surface area contributed by atoms with Gasteiger partial charge in [-0.05, 0) is 45.4 Å². The second kappa shape index (κ2) is 9.72. The molecule has 34 heavy (non-hydrogen) atoms. The van der Waals surface area contributed by atoms with Crippen molar-refractivity contribution in [1.82, 2.24) is 14.5 Å². The lowest BCUT2D eigenvalue weighted by Crippen LogP contribution is -2.50. The number of hydrogen-bond donors (Lipinski definition) is 0. The quantitative estimate of drug-likeness (QED) is 0.546. The van der Waals surface area contributed by atoms with E-state index in [2.05, 4.69) is 34.8 Å². The van der Waals surface area contributed by atoms with Gasteiger partial charge in [-0.15, -0.1) is 0 Å². The number of fused-ring (bicyclic) bond motifs is 1. The fourth-order valence-electron chi connectivity index (χ4n) is 4.60. The molecule has 0 bridgehead atoms. The number of nitriles is 1. The summed E-state index contributed by atoms with van der Waals surface area (Å²) in [7, 11) is 1.73. The molecule has 0 aliphatic carbocycles. The van der Waals surface area contributed by atoms with E-state index < -0.39 is 0 Å². The van der Waals surface area contributed by atoms with Crippen LogP contribution in [0, 0.1) is 17.2 Å². The third-order valence-corrected chi connectivity index (χ3v) is 6.43. The molecule has 0 N–H and O–H groups in total. The van der Waals surface area contributed by atoms with Crippen LogP contribution in [-0.2, 0) is 7.05 Å². The lowest BCUT2D eigenvalue weighted by atomic mass is 9.88. The van der Waals surface area contributed by atoms with Crippen LogP contribution in [-0.4, -0.2) is 39.3 Å². The van der Waals surface area contributed by atoms with Gasteiger partial charge in [-0.25, -0.2) is 9.97 Å². The molecule has 1 saturated heterocycles. The molecule has 3 atom stereocenters. The number of rotatable bonds is 6. The van der Waals surface area contributed by atoms with E-state index in [4.69, 9.17) is 9.47 Å². The average Bonchev–Trinajstić information content (AvgIpc) is 2.82. The van der Waals surface area contributed by atoms with Crippen LogP contribution in [0.15, 0.2) is 41.3 Å². The van der Waals surface area contributed by atoms with Gasteiger partial charge >= 0.3 is 0 Å². The summed E-state index contributed by atoms with van der Waals surface area (Å²) in [4.78, 5) is 23.9. The Hall–Kier alpha value is -3.60. The molecular formula is C26H31N5O3. The van der Waals surface area contributed by atoms with Crippen molar-refractivity contribution in [2.45, 2.75) is 58.8 Å². The molecule has 0 aromatic carbocycles. The fourth-order valence-corrected chi connectivity index (χ4v) is 4.60. The fraction of sp³-hybridized carbons (Fsp3) is 0.462. The summed E-state index contributed by atoms with van der Waals surface area (Å²) in [5, 5.41) is 9.36. The van der Waals surface area contributed by atoms with Gasteiger partial charge in [0.25, 0.3) is 5.56 Å². The van der Waals surface area contributed by atoms with E-state index in [1.165, 1.54) is 0 Å². The van der Waals surface area contributed by atoms with Crippen LogP contribution in [0.5, 0.6) is 11.6 Å². The van der Waals surface area contributed by atoms with E-state index in [1.807, 2.05) is 26.0 Å². The van der Waals surface area contributed by atoms with Crippen molar-refractivity contribution in [3.8, 4) is 17.7 Å². The zero-order valence-electron chi connectivity index (χ0n) is 20.4. The number of piperidine rings is 1. The lowest BCUT2D eigenvalue weighted by Gasteiger charge is -2.43. The summed E-state index contributed by atoms with van der Waals surface area (Å²) in [6.07, 6.45) is 3.48. The Balaban J connectivity index is 1.61. The molecule has 178 valence electrons. The number of anilines is 1. The number of aromatic nitrogens is 3. The zero-order valence-corrected chi connectivity index (χ0v) is 20.4. The van der Waals surface area contributed by atoms with Crippen LogP contribution < -0.4 is 19.9 Å². The molecule has 3 aromatic rings. The lowest BCUT2D eigenvalue weighted by molar-refractivity contribution is 0.0911. The minimum atomic E-state index is -0.0967. The maximum Gasteiger partial charge on any atom is 0.252 e. The first-order chi connectivity index (χ1) is 16.3. The molecule has 0 spiro atoms. The number of aryl methyl sites for hydroxylation is 1. The van der Waals surface area contributed by atoms with Gasteiger partial charge in [-0.3, -0.25) is 4.79 Å². The van der Waals surface area contributed by atoms with Gasteiger partial charge in [0.1, 0.15) is 29.1 Å². The summed E-state index contributed by atoms with van der Waals surface area (Å²) in [6, 6.07) is 11.0. The van der Waals surface area contributed by atoms with Gasteiger partial charge in [0.2, 0.25) is 5.88 Å². The van der Waals surface area contributed by atoms with E-state index >= 15 is 0 Å². The van der Waals surface area contributed by atoms with Gasteiger partial charge in [-0.1, -0.05) is 6.92 Å². The number of pyridine rings is 3. The second-order valence-corrected chi connectivity index (χ2v) is 9.16. The van der Waals surface area contributed by atoms with Crippen LogP contribution in [0.3, 0.4) is 0 Å². The number of ether oxygens (including phenoxy) is 2. The standard InChI is InChI=1S/C26H31N5O3/c1-6-18-15-31(22-12-25(32)30(5)21-9-7-19(13-27)29-26(21)22)17(4)11-23(18)34-24-10-8-20(14-28-24)33-16(2)3/h7-10,12,14,16-18,23H,6,11,15H2,1-5H3/t17-,18-,23-/m1/s1. The largest absolute Gasteiger partial charge is 0.489 e. The van der Waals surface area contributed by atoms with Crippen molar-refractivity contribution >= 4 is 16.7 Å². The Morgan fingerprint density at radius 2 is 2.06 bits per heavy atom. The molecule has 1 fully saturated rings. The van der Waals surface area contributed by atoms with Crippen LogP contribution in [0.1, 0.15) is 46.2 Å². The monoisotopic (exact) mass is 461 g/mol. The molecule has 0 radical (unpaired) electrons. The van der Waals surface area contributed by atoms with E-state index in [9.17, 15) is 10.1 Å². The van der Waals surface area contributed by atoms with E-state index in [0.29, 0.717) is 22.6 Å². The Kier molecular flexibility index (Phi) is 6.73. The van der Waals surface area contributed by atoms with Crippen molar-refractivity contribution in [1.29, 1.82) is 5.26 Å². The first-order valence-corrected chi connectivity index (χ1v) is 11.8. The SMILES string of the molecule is CC[C@@H]1CN(c2cc(=O)n(C)c3ccc(C#N)nc23)[C@H](C)C[C@H]1Oc1ccc(OC(C)C)cn1. The van der Waals surface area contributed by atoms with Crippen molar-refractivity contribution in [3.63, 3.8) is 0 Å². The maximum atomic E-state index is 12.7. The number of hydrogen-bond acceptors (Lipinski definition) is 7. The predicted molar refractivity (Wildman–Crippen MR) is 131 cm³/mol.